The molecule has 0 bridgehead atoms. The number of aromatic carboxylic acids is 1. The van der Waals surface area contributed by atoms with Crippen molar-refractivity contribution in [1.82, 2.24) is 9.99 Å². The average molecular weight is 457 g/mol. The minimum Gasteiger partial charge on any atom is -0.494 e. The van der Waals surface area contributed by atoms with E-state index in [2.05, 4.69) is 15.8 Å². The molecule has 8 nitrogen and oxygen atoms in total. The lowest BCUT2D eigenvalue weighted by molar-refractivity contribution is 0.0697. The Morgan fingerprint density at radius 1 is 0.941 bits per heavy atom. The molecule has 4 N–H and O–H groups in total. The van der Waals surface area contributed by atoms with E-state index in [1.54, 1.807) is 11.5 Å². The van der Waals surface area contributed by atoms with Crippen LogP contribution in [0.3, 0.4) is 0 Å². The van der Waals surface area contributed by atoms with Gasteiger partial charge in [-0.25, -0.2) is 15.0 Å². The molecule has 1 aromatic heterocycles. The zero-order valence-electron chi connectivity index (χ0n) is 19.0. The summed E-state index contributed by atoms with van der Waals surface area (Å²) in [5.41, 5.74) is 7.81. The van der Waals surface area contributed by atoms with E-state index in [0.29, 0.717) is 17.0 Å². The lowest BCUT2D eigenvalue weighted by atomic mass is 10.1. The molecule has 4 aromatic rings. The smallest absolute Gasteiger partial charge is 0.339 e. The van der Waals surface area contributed by atoms with Crippen molar-refractivity contribution in [2.45, 2.75) is 20.8 Å². The average Bonchev–Trinajstić information content (AvgIpc) is 3.11. The Hall–Kier alpha value is -4.59. The van der Waals surface area contributed by atoms with Crippen molar-refractivity contribution in [3.8, 4) is 11.6 Å². The van der Waals surface area contributed by atoms with E-state index in [-0.39, 0.29) is 11.4 Å². The molecule has 0 radical (unpaired) electrons. The first-order chi connectivity index (χ1) is 16.3. The van der Waals surface area contributed by atoms with Gasteiger partial charge in [0.05, 0.1) is 22.4 Å². The van der Waals surface area contributed by atoms with Crippen LogP contribution in [0, 0.1) is 13.8 Å². The van der Waals surface area contributed by atoms with E-state index in [0.717, 1.165) is 27.7 Å². The highest BCUT2D eigenvalue weighted by Gasteiger charge is 2.20. The van der Waals surface area contributed by atoms with E-state index in [1.165, 1.54) is 24.3 Å². The lowest BCUT2D eigenvalue weighted by Gasteiger charge is -2.10. The number of aromatic hydroxyl groups is 1. The highest BCUT2D eigenvalue weighted by atomic mass is 16.4. The summed E-state index contributed by atoms with van der Waals surface area (Å²) in [6.07, 6.45) is 0. The molecule has 8 heteroatoms. The Morgan fingerprint density at radius 2 is 1.65 bits per heavy atom. The molecule has 0 aliphatic carbocycles. The summed E-state index contributed by atoms with van der Waals surface area (Å²) in [5.74, 6) is -1.02. The Labute approximate surface area is 196 Å². The van der Waals surface area contributed by atoms with Gasteiger partial charge in [-0.15, -0.1) is 0 Å². The van der Waals surface area contributed by atoms with Crippen molar-refractivity contribution in [3.63, 3.8) is 0 Å². The number of carboxylic acids is 1. The van der Waals surface area contributed by atoms with Gasteiger partial charge in [-0.2, -0.15) is 5.10 Å². The van der Waals surface area contributed by atoms with Crippen LogP contribution >= 0.6 is 0 Å². The molecule has 1 heterocycles. The molecular weight excluding hydrogens is 432 g/mol. The molecule has 0 fully saturated rings. The summed E-state index contributed by atoms with van der Waals surface area (Å²) >= 11 is 0. The number of carbonyl (C=O) groups is 2. The maximum atomic E-state index is 12.3. The summed E-state index contributed by atoms with van der Waals surface area (Å²) in [4.78, 5) is 23.2. The molecule has 34 heavy (non-hydrogen) atoms. The van der Waals surface area contributed by atoms with Gasteiger partial charge in [0.15, 0.2) is 0 Å². The molecule has 0 aliphatic rings. The Bertz CT molecular complexity index is 1440. The van der Waals surface area contributed by atoms with Crippen LogP contribution in [-0.2, 0) is 0 Å². The topological polar surface area (TPSA) is 116 Å². The number of aromatic nitrogens is 1. The van der Waals surface area contributed by atoms with Crippen LogP contribution in [0.2, 0.25) is 0 Å². The first kappa shape index (κ1) is 22.6. The monoisotopic (exact) mass is 456 g/mol. The van der Waals surface area contributed by atoms with E-state index in [4.69, 9.17) is 5.11 Å². The van der Waals surface area contributed by atoms with Crippen molar-refractivity contribution in [2.24, 2.45) is 5.10 Å². The molecule has 172 valence electrons. The summed E-state index contributed by atoms with van der Waals surface area (Å²) in [7, 11) is 0. The number of benzene rings is 3. The molecule has 0 aliphatic heterocycles. The summed E-state index contributed by atoms with van der Waals surface area (Å²) in [6, 6.07) is 18.7. The summed E-state index contributed by atoms with van der Waals surface area (Å²) in [5, 5.41) is 27.7. The van der Waals surface area contributed by atoms with Crippen LogP contribution < -0.4 is 10.7 Å². The van der Waals surface area contributed by atoms with Gasteiger partial charge >= 0.3 is 12.0 Å². The maximum Gasteiger partial charge on any atom is 0.339 e. The number of hydrazone groups is 1. The van der Waals surface area contributed by atoms with Crippen LogP contribution in [0.5, 0.6) is 5.88 Å². The van der Waals surface area contributed by atoms with Gasteiger partial charge in [-0.3, -0.25) is 4.57 Å². The molecular formula is C26H24N4O4. The van der Waals surface area contributed by atoms with Crippen molar-refractivity contribution >= 4 is 34.3 Å². The van der Waals surface area contributed by atoms with Crippen molar-refractivity contribution < 1.29 is 19.8 Å². The molecule has 0 saturated carbocycles. The first-order valence-corrected chi connectivity index (χ1v) is 10.6. The zero-order valence-corrected chi connectivity index (χ0v) is 19.0. The third kappa shape index (κ3) is 4.33. The number of para-hydroxylation sites is 1. The molecule has 2 amide bonds. The highest BCUT2D eigenvalue weighted by Crippen LogP contribution is 2.35. The lowest BCUT2D eigenvalue weighted by Crippen LogP contribution is -2.25. The fourth-order valence-corrected chi connectivity index (χ4v) is 3.75. The number of nitrogens with one attached hydrogen (secondary N) is 2. The number of nitrogens with zero attached hydrogens (tertiary/aromatic N) is 2. The van der Waals surface area contributed by atoms with Gasteiger partial charge in [0, 0.05) is 16.8 Å². The van der Waals surface area contributed by atoms with Gasteiger partial charge in [0.1, 0.15) is 0 Å². The second-order valence-corrected chi connectivity index (χ2v) is 7.97. The second kappa shape index (κ2) is 9.11. The van der Waals surface area contributed by atoms with Crippen LogP contribution in [-0.4, -0.2) is 32.5 Å². The predicted molar refractivity (Wildman–Crippen MR) is 132 cm³/mol. The number of hydrogen-bond acceptors (Lipinski definition) is 4. The summed E-state index contributed by atoms with van der Waals surface area (Å²) < 4.78 is 1.76. The number of hydrogen-bond donors (Lipinski definition) is 4. The number of aryl methyl sites for hydroxylation is 2. The molecule has 4 rings (SSSR count). The van der Waals surface area contributed by atoms with Gasteiger partial charge in [0.2, 0.25) is 5.88 Å². The van der Waals surface area contributed by atoms with Gasteiger partial charge in [-0.05, 0) is 74.4 Å². The fraction of sp³-hybridized carbons (Fsp3) is 0.115. The predicted octanol–water partition coefficient (Wildman–Crippen LogP) is 5.20. The zero-order chi connectivity index (χ0) is 24.4. The Balaban J connectivity index is 1.62. The molecule has 0 atom stereocenters. The molecule has 0 unspecified atom stereocenters. The van der Waals surface area contributed by atoms with Crippen LogP contribution in [0.15, 0.2) is 71.8 Å². The number of anilines is 1. The highest BCUT2D eigenvalue weighted by molar-refractivity contribution is 6.13. The van der Waals surface area contributed by atoms with Gasteiger partial charge in [-0.1, -0.05) is 24.3 Å². The molecule has 3 aromatic carbocycles. The Morgan fingerprint density at radius 3 is 2.32 bits per heavy atom. The van der Waals surface area contributed by atoms with E-state index < -0.39 is 12.0 Å². The SMILES string of the molecule is C/C(=N\NC(=O)Nc1ccc(C(=O)O)cc1)c1c(O)n(-c2ccc(C)c(C)c2)c2ccccc12. The van der Waals surface area contributed by atoms with E-state index in [9.17, 15) is 14.7 Å². The number of carbonyl (C=O) groups excluding carboxylic acids is 1. The molecule has 0 saturated heterocycles. The minimum absolute atomic E-state index is 0.0252. The normalized spacial score (nSPS) is 11.4. The second-order valence-electron chi connectivity index (χ2n) is 7.97. The van der Waals surface area contributed by atoms with Crippen molar-refractivity contribution in [3.05, 3.63) is 89.0 Å². The van der Waals surface area contributed by atoms with Crippen LogP contribution in [0.4, 0.5) is 10.5 Å². The van der Waals surface area contributed by atoms with E-state index in [1.807, 2.05) is 56.3 Å². The quantitative estimate of drug-likeness (QED) is 0.244. The largest absolute Gasteiger partial charge is 0.494 e. The molecule has 0 spiro atoms. The first-order valence-electron chi connectivity index (χ1n) is 10.6. The summed E-state index contributed by atoms with van der Waals surface area (Å²) in [6.45, 7) is 5.76. The van der Waals surface area contributed by atoms with Crippen molar-refractivity contribution in [1.29, 1.82) is 0 Å². The van der Waals surface area contributed by atoms with Crippen LogP contribution in [0.25, 0.3) is 16.6 Å². The minimum atomic E-state index is -1.05. The number of fused-ring (bicyclic) bond motifs is 1. The van der Waals surface area contributed by atoms with Gasteiger partial charge in [0.25, 0.3) is 0 Å². The number of rotatable bonds is 5. The number of carboxylic acid groups (broad SMARTS) is 1. The van der Waals surface area contributed by atoms with E-state index >= 15 is 0 Å². The maximum absolute atomic E-state index is 12.3. The Kier molecular flexibility index (Phi) is 6.05. The third-order valence-corrected chi connectivity index (χ3v) is 5.68. The fourth-order valence-electron chi connectivity index (χ4n) is 3.75. The number of amides is 2. The third-order valence-electron chi connectivity index (χ3n) is 5.68. The van der Waals surface area contributed by atoms with Gasteiger partial charge < -0.3 is 15.5 Å². The van der Waals surface area contributed by atoms with Crippen molar-refractivity contribution in [2.75, 3.05) is 5.32 Å². The van der Waals surface area contributed by atoms with Crippen LogP contribution in [0.1, 0.15) is 34.0 Å². The standard InChI is InChI=1S/C26H24N4O4/c1-15-8-13-20(14-16(15)2)30-22-7-5-4-6-21(22)23(24(30)31)17(3)28-29-26(34)27-19-11-9-18(10-12-19)25(32)33/h4-14,31H,1-3H3,(H,32,33)(H2,27,29,34)/b28-17+. The number of urea groups is 1.